The maximum atomic E-state index is 13.4. The Bertz CT molecular complexity index is 1000. The Balaban J connectivity index is 1.89. The van der Waals surface area contributed by atoms with Gasteiger partial charge in [0.25, 0.3) is 0 Å². The minimum absolute atomic E-state index is 0.0477. The Morgan fingerprint density at radius 1 is 1.00 bits per heavy atom. The fraction of sp³-hybridized carbons (Fsp3) is 0.136. The summed E-state index contributed by atoms with van der Waals surface area (Å²) >= 11 is 5.87. The van der Waals surface area contributed by atoms with Crippen LogP contribution in [0.1, 0.15) is 12.5 Å². The van der Waals surface area contributed by atoms with E-state index in [0.29, 0.717) is 29.4 Å². The van der Waals surface area contributed by atoms with E-state index in [-0.39, 0.29) is 11.4 Å². The zero-order chi connectivity index (χ0) is 20.1. The highest BCUT2D eigenvalue weighted by Crippen LogP contribution is 2.31. The van der Waals surface area contributed by atoms with Gasteiger partial charge in [0, 0.05) is 6.07 Å². The zero-order valence-electron chi connectivity index (χ0n) is 15.1. The molecule has 28 heavy (non-hydrogen) atoms. The predicted octanol–water partition coefficient (Wildman–Crippen LogP) is 5.96. The lowest BCUT2D eigenvalue weighted by atomic mass is 10.1. The van der Waals surface area contributed by atoms with Gasteiger partial charge < -0.3 is 14.6 Å². The van der Waals surface area contributed by atoms with Crippen LogP contribution in [0.4, 0.5) is 4.39 Å². The molecule has 0 aliphatic rings. The van der Waals surface area contributed by atoms with Gasteiger partial charge in [-0.05, 0) is 60.0 Å². The van der Waals surface area contributed by atoms with Gasteiger partial charge in [-0.2, -0.15) is 0 Å². The highest BCUT2D eigenvalue weighted by atomic mass is 35.5. The van der Waals surface area contributed by atoms with E-state index in [0.717, 1.165) is 11.1 Å². The van der Waals surface area contributed by atoms with Crippen LogP contribution in [0.2, 0.25) is 5.02 Å². The molecule has 4 nitrogen and oxygen atoms in total. The molecule has 0 amide bonds. The average Bonchev–Trinajstić information content (AvgIpc) is 2.64. The Morgan fingerprint density at radius 2 is 1.75 bits per heavy atom. The van der Waals surface area contributed by atoms with Gasteiger partial charge in [0.2, 0.25) is 0 Å². The van der Waals surface area contributed by atoms with Crippen molar-refractivity contribution in [2.45, 2.75) is 13.3 Å². The van der Waals surface area contributed by atoms with Crippen LogP contribution < -0.4 is 9.47 Å². The summed E-state index contributed by atoms with van der Waals surface area (Å²) < 4.78 is 24.8. The summed E-state index contributed by atoms with van der Waals surface area (Å²) in [4.78, 5) is 11.0. The van der Waals surface area contributed by atoms with E-state index in [1.54, 1.807) is 42.5 Å². The number of aliphatic carboxylic acids is 1. The lowest BCUT2D eigenvalue weighted by Crippen LogP contribution is -2.01. The first-order chi connectivity index (χ1) is 13.4. The van der Waals surface area contributed by atoms with Crippen molar-refractivity contribution in [3.63, 3.8) is 0 Å². The maximum absolute atomic E-state index is 13.4. The van der Waals surface area contributed by atoms with Crippen LogP contribution in [0.5, 0.6) is 17.2 Å². The average molecular weight is 401 g/mol. The van der Waals surface area contributed by atoms with Gasteiger partial charge in [0.1, 0.15) is 23.1 Å². The summed E-state index contributed by atoms with van der Waals surface area (Å²) in [5.41, 5.74) is 2.15. The third kappa shape index (κ3) is 5.02. The van der Waals surface area contributed by atoms with E-state index in [1.807, 2.05) is 19.1 Å². The summed E-state index contributed by atoms with van der Waals surface area (Å²) in [5.74, 6) is 0.147. The number of halogens is 2. The van der Waals surface area contributed by atoms with Crippen molar-refractivity contribution < 1.29 is 23.8 Å². The molecule has 0 atom stereocenters. The number of carboxylic acids is 1. The van der Waals surface area contributed by atoms with Gasteiger partial charge >= 0.3 is 5.97 Å². The van der Waals surface area contributed by atoms with E-state index >= 15 is 0 Å². The Kier molecular flexibility index (Phi) is 6.16. The fourth-order valence-electron chi connectivity index (χ4n) is 2.77. The van der Waals surface area contributed by atoms with Crippen LogP contribution in [-0.4, -0.2) is 17.7 Å². The molecule has 0 spiro atoms. The smallest absolute Gasteiger partial charge is 0.307 e. The van der Waals surface area contributed by atoms with E-state index < -0.39 is 11.8 Å². The van der Waals surface area contributed by atoms with E-state index in [2.05, 4.69) is 0 Å². The van der Waals surface area contributed by atoms with Crippen LogP contribution in [-0.2, 0) is 11.2 Å². The lowest BCUT2D eigenvalue weighted by molar-refractivity contribution is -0.136. The molecular weight excluding hydrogens is 383 g/mol. The summed E-state index contributed by atoms with van der Waals surface area (Å²) in [6, 6.07) is 16.8. The quantitative estimate of drug-likeness (QED) is 0.531. The maximum Gasteiger partial charge on any atom is 0.307 e. The van der Waals surface area contributed by atoms with Crippen molar-refractivity contribution in [1.29, 1.82) is 0 Å². The molecule has 0 aliphatic heterocycles. The van der Waals surface area contributed by atoms with Crippen molar-refractivity contribution in [1.82, 2.24) is 0 Å². The second-order valence-electron chi connectivity index (χ2n) is 6.07. The molecule has 0 saturated carbocycles. The van der Waals surface area contributed by atoms with Crippen molar-refractivity contribution in [2.75, 3.05) is 6.61 Å². The second-order valence-corrected chi connectivity index (χ2v) is 6.48. The van der Waals surface area contributed by atoms with Crippen molar-refractivity contribution >= 4 is 17.6 Å². The topological polar surface area (TPSA) is 55.8 Å². The molecule has 6 heteroatoms. The second kappa shape index (κ2) is 8.76. The minimum atomic E-state index is -0.935. The molecule has 0 unspecified atom stereocenters. The van der Waals surface area contributed by atoms with Crippen molar-refractivity contribution in [2.24, 2.45) is 0 Å². The number of hydrogen-bond donors (Lipinski definition) is 1. The molecule has 0 aromatic heterocycles. The standard InChI is InChI=1S/C22H18ClFO4/c1-2-27-18-8-14(10-22(25)26)9-19(13-18)28-17-5-3-4-15(11-17)16-6-7-21(24)20(23)12-16/h3-9,11-13H,2,10H2,1H3,(H,25,26). The summed E-state index contributed by atoms with van der Waals surface area (Å²) in [6.45, 7) is 2.30. The largest absolute Gasteiger partial charge is 0.494 e. The third-order valence-corrected chi connectivity index (χ3v) is 4.22. The van der Waals surface area contributed by atoms with E-state index in [1.165, 1.54) is 6.07 Å². The molecule has 144 valence electrons. The van der Waals surface area contributed by atoms with Gasteiger partial charge in [-0.3, -0.25) is 4.79 Å². The number of rotatable bonds is 7. The SMILES string of the molecule is CCOc1cc(CC(=O)O)cc(Oc2cccc(-c3ccc(F)c(Cl)c3)c2)c1. The third-order valence-electron chi connectivity index (χ3n) is 3.93. The van der Waals surface area contributed by atoms with Crippen molar-refractivity contribution in [3.8, 4) is 28.4 Å². The highest BCUT2D eigenvalue weighted by molar-refractivity contribution is 6.31. The summed E-state index contributed by atoms with van der Waals surface area (Å²) in [7, 11) is 0. The molecule has 3 aromatic rings. The molecule has 0 fully saturated rings. The van der Waals surface area contributed by atoms with Crippen LogP contribution in [0.15, 0.2) is 60.7 Å². The molecular formula is C22H18ClFO4. The molecule has 0 aliphatic carbocycles. The first-order valence-corrected chi connectivity index (χ1v) is 9.04. The van der Waals surface area contributed by atoms with Crippen LogP contribution >= 0.6 is 11.6 Å². The van der Waals surface area contributed by atoms with Gasteiger partial charge in [0.15, 0.2) is 0 Å². The zero-order valence-corrected chi connectivity index (χ0v) is 15.9. The molecule has 0 bridgehead atoms. The molecule has 0 heterocycles. The fourth-order valence-corrected chi connectivity index (χ4v) is 2.95. The van der Waals surface area contributed by atoms with Gasteiger partial charge in [-0.1, -0.05) is 29.8 Å². The van der Waals surface area contributed by atoms with Crippen LogP contribution in [0, 0.1) is 5.82 Å². The number of carboxylic acid groups (broad SMARTS) is 1. The lowest BCUT2D eigenvalue weighted by Gasteiger charge is -2.12. The molecule has 3 aromatic carbocycles. The van der Waals surface area contributed by atoms with Gasteiger partial charge in [-0.15, -0.1) is 0 Å². The number of benzene rings is 3. The van der Waals surface area contributed by atoms with Crippen molar-refractivity contribution in [3.05, 3.63) is 77.1 Å². The molecule has 0 saturated heterocycles. The monoisotopic (exact) mass is 400 g/mol. The Hall–Kier alpha value is -3.05. The number of carbonyl (C=O) groups is 1. The predicted molar refractivity (Wildman–Crippen MR) is 106 cm³/mol. The van der Waals surface area contributed by atoms with E-state index in [4.69, 9.17) is 26.2 Å². The number of ether oxygens (including phenoxy) is 2. The molecule has 3 rings (SSSR count). The molecule has 0 radical (unpaired) electrons. The van der Waals surface area contributed by atoms with Gasteiger partial charge in [-0.25, -0.2) is 4.39 Å². The molecule has 1 N–H and O–H groups in total. The van der Waals surface area contributed by atoms with Crippen LogP contribution in [0.3, 0.4) is 0 Å². The highest BCUT2D eigenvalue weighted by Gasteiger charge is 2.09. The first kappa shape index (κ1) is 19.7. The minimum Gasteiger partial charge on any atom is -0.494 e. The Morgan fingerprint density at radius 3 is 2.46 bits per heavy atom. The summed E-state index contributed by atoms with van der Waals surface area (Å²) in [6.07, 6.45) is -0.134. The van der Waals surface area contributed by atoms with Gasteiger partial charge in [0.05, 0.1) is 18.1 Å². The Labute approximate surface area is 167 Å². The normalized spacial score (nSPS) is 10.5. The summed E-state index contributed by atoms with van der Waals surface area (Å²) in [5, 5.41) is 9.10. The first-order valence-electron chi connectivity index (χ1n) is 8.66. The van der Waals surface area contributed by atoms with E-state index in [9.17, 15) is 9.18 Å². The van der Waals surface area contributed by atoms with Crippen LogP contribution in [0.25, 0.3) is 11.1 Å². The number of hydrogen-bond acceptors (Lipinski definition) is 3.